The van der Waals surface area contributed by atoms with Crippen molar-refractivity contribution in [3.8, 4) is 0 Å². The lowest BCUT2D eigenvalue weighted by Gasteiger charge is -2.16. The molecular formula is C18H27N5. The summed E-state index contributed by atoms with van der Waals surface area (Å²) in [5, 5.41) is 11.0. The maximum atomic E-state index is 4.69. The molecule has 1 atom stereocenters. The monoisotopic (exact) mass is 313 g/mol. The molecule has 1 heterocycles. The highest BCUT2D eigenvalue weighted by Gasteiger charge is 2.05. The van der Waals surface area contributed by atoms with E-state index in [1.165, 1.54) is 11.1 Å². The molecule has 0 bridgehead atoms. The van der Waals surface area contributed by atoms with Gasteiger partial charge in [-0.2, -0.15) is 5.10 Å². The standard InChI is InChI=1S/C18H27N5/c1-4-19-18(21-13-17-9-6-5-8-16(17)3)20-12-15(2)14-23-11-7-10-22-23/h5-11,15H,4,12-14H2,1-3H3,(H2,19,20,21). The van der Waals surface area contributed by atoms with E-state index >= 15 is 0 Å². The first-order valence-electron chi connectivity index (χ1n) is 8.23. The minimum atomic E-state index is 0.470. The van der Waals surface area contributed by atoms with E-state index < -0.39 is 0 Å². The fourth-order valence-electron chi connectivity index (χ4n) is 2.36. The van der Waals surface area contributed by atoms with Crippen LogP contribution < -0.4 is 10.6 Å². The Kier molecular flexibility index (Phi) is 6.66. The third-order valence-corrected chi connectivity index (χ3v) is 3.69. The maximum absolute atomic E-state index is 4.69. The second-order valence-electron chi connectivity index (χ2n) is 5.84. The van der Waals surface area contributed by atoms with Gasteiger partial charge in [-0.25, -0.2) is 4.99 Å². The molecule has 5 nitrogen and oxygen atoms in total. The molecule has 124 valence electrons. The summed E-state index contributed by atoms with van der Waals surface area (Å²) in [6.07, 6.45) is 3.81. The fourth-order valence-corrected chi connectivity index (χ4v) is 2.36. The van der Waals surface area contributed by atoms with Gasteiger partial charge in [-0.05, 0) is 37.0 Å². The van der Waals surface area contributed by atoms with Crippen molar-refractivity contribution < 1.29 is 0 Å². The highest BCUT2D eigenvalue weighted by atomic mass is 15.3. The third kappa shape index (κ3) is 5.77. The molecule has 0 saturated heterocycles. The van der Waals surface area contributed by atoms with Crippen LogP contribution in [0, 0.1) is 12.8 Å². The van der Waals surface area contributed by atoms with Crippen LogP contribution in [0.1, 0.15) is 25.0 Å². The topological polar surface area (TPSA) is 54.2 Å². The zero-order valence-corrected chi connectivity index (χ0v) is 14.3. The molecule has 1 unspecified atom stereocenters. The molecule has 0 saturated carbocycles. The normalized spacial score (nSPS) is 12.9. The Bertz CT molecular complexity index is 604. The second-order valence-corrected chi connectivity index (χ2v) is 5.84. The summed E-state index contributed by atoms with van der Waals surface area (Å²) in [5.41, 5.74) is 2.54. The highest BCUT2D eigenvalue weighted by molar-refractivity contribution is 5.79. The number of nitrogens with zero attached hydrogens (tertiary/aromatic N) is 3. The van der Waals surface area contributed by atoms with Crippen molar-refractivity contribution in [2.75, 3.05) is 13.1 Å². The molecule has 2 N–H and O–H groups in total. The number of rotatable bonds is 7. The van der Waals surface area contributed by atoms with Crippen molar-refractivity contribution >= 4 is 5.96 Å². The van der Waals surface area contributed by atoms with E-state index in [9.17, 15) is 0 Å². The molecule has 0 fully saturated rings. The van der Waals surface area contributed by atoms with Crippen LogP contribution in [0.25, 0.3) is 0 Å². The van der Waals surface area contributed by atoms with Crippen LogP contribution in [0.5, 0.6) is 0 Å². The molecule has 23 heavy (non-hydrogen) atoms. The molecule has 0 aliphatic rings. The smallest absolute Gasteiger partial charge is 0.191 e. The van der Waals surface area contributed by atoms with E-state index in [0.717, 1.165) is 25.6 Å². The van der Waals surface area contributed by atoms with Crippen molar-refractivity contribution in [3.05, 3.63) is 53.9 Å². The molecule has 0 radical (unpaired) electrons. The van der Waals surface area contributed by atoms with E-state index in [0.29, 0.717) is 12.5 Å². The number of hydrogen-bond donors (Lipinski definition) is 2. The highest BCUT2D eigenvalue weighted by Crippen LogP contribution is 2.08. The second kappa shape index (κ2) is 8.98. The van der Waals surface area contributed by atoms with Gasteiger partial charge in [0.1, 0.15) is 0 Å². The van der Waals surface area contributed by atoms with Gasteiger partial charge in [-0.3, -0.25) is 4.68 Å². The summed E-state index contributed by atoms with van der Waals surface area (Å²) in [4.78, 5) is 4.69. The van der Waals surface area contributed by atoms with E-state index in [-0.39, 0.29) is 0 Å². The summed E-state index contributed by atoms with van der Waals surface area (Å²) < 4.78 is 1.96. The van der Waals surface area contributed by atoms with Crippen molar-refractivity contribution in [2.45, 2.75) is 33.9 Å². The molecule has 0 aliphatic carbocycles. The number of aliphatic imine (C=N–C) groups is 1. The number of benzene rings is 1. The molecule has 1 aromatic heterocycles. The van der Waals surface area contributed by atoms with Gasteiger partial charge in [0.05, 0.1) is 6.54 Å². The summed E-state index contributed by atoms with van der Waals surface area (Å²) in [7, 11) is 0. The maximum Gasteiger partial charge on any atom is 0.191 e. The predicted molar refractivity (Wildman–Crippen MR) is 95.4 cm³/mol. The number of aryl methyl sites for hydroxylation is 1. The Morgan fingerprint density at radius 2 is 2.09 bits per heavy atom. The molecule has 2 aromatic rings. The van der Waals surface area contributed by atoms with Gasteiger partial charge < -0.3 is 10.6 Å². The van der Waals surface area contributed by atoms with Gasteiger partial charge in [0, 0.05) is 32.0 Å². The average Bonchev–Trinajstić information content (AvgIpc) is 3.04. The Morgan fingerprint density at radius 3 is 2.78 bits per heavy atom. The first-order chi connectivity index (χ1) is 11.2. The van der Waals surface area contributed by atoms with Gasteiger partial charge >= 0.3 is 0 Å². The van der Waals surface area contributed by atoms with Crippen molar-refractivity contribution in [3.63, 3.8) is 0 Å². The molecule has 2 rings (SSSR count). The Labute approximate surface area is 138 Å². The number of aromatic nitrogens is 2. The summed E-state index contributed by atoms with van der Waals surface area (Å²) in [5.74, 6) is 1.33. The Balaban J connectivity index is 1.87. The van der Waals surface area contributed by atoms with Crippen LogP contribution >= 0.6 is 0 Å². The van der Waals surface area contributed by atoms with E-state index in [1.807, 2.05) is 23.1 Å². The first kappa shape index (κ1) is 17.1. The molecule has 0 aliphatic heterocycles. The van der Waals surface area contributed by atoms with Gasteiger partial charge in [0.25, 0.3) is 0 Å². The minimum Gasteiger partial charge on any atom is -0.357 e. The molecule has 1 aromatic carbocycles. The minimum absolute atomic E-state index is 0.470. The Hall–Kier alpha value is -2.30. The lowest BCUT2D eigenvalue weighted by Crippen LogP contribution is -2.40. The van der Waals surface area contributed by atoms with E-state index in [4.69, 9.17) is 0 Å². The Morgan fingerprint density at radius 1 is 1.26 bits per heavy atom. The van der Waals surface area contributed by atoms with Gasteiger partial charge in [-0.1, -0.05) is 31.2 Å². The van der Waals surface area contributed by atoms with Crippen molar-refractivity contribution in [1.29, 1.82) is 0 Å². The van der Waals surface area contributed by atoms with Gasteiger partial charge in [0.15, 0.2) is 5.96 Å². The van der Waals surface area contributed by atoms with E-state index in [1.54, 1.807) is 0 Å². The quantitative estimate of drug-likeness (QED) is 0.610. The summed E-state index contributed by atoms with van der Waals surface area (Å²) in [6, 6.07) is 10.3. The SMILES string of the molecule is CCNC(=NCc1ccccc1C)NCC(C)Cn1cccn1. The zero-order valence-electron chi connectivity index (χ0n) is 14.3. The zero-order chi connectivity index (χ0) is 16.5. The lowest BCUT2D eigenvalue weighted by molar-refractivity contribution is 0.443. The number of guanidine groups is 1. The van der Waals surface area contributed by atoms with Crippen molar-refractivity contribution in [2.24, 2.45) is 10.9 Å². The molecule has 0 amide bonds. The molecule has 5 heteroatoms. The average molecular weight is 313 g/mol. The first-order valence-corrected chi connectivity index (χ1v) is 8.23. The summed E-state index contributed by atoms with van der Waals surface area (Å²) >= 11 is 0. The lowest BCUT2D eigenvalue weighted by atomic mass is 10.1. The molecular weight excluding hydrogens is 286 g/mol. The fraction of sp³-hybridized carbons (Fsp3) is 0.444. The van der Waals surface area contributed by atoms with Crippen LogP contribution in [0.2, 0.25) is 0 Å². The van der Waals surface area contributed by atoms with Gasteiger partial charge in [-0.15, -0.1) is 0 Å². The van der Waals surface area contributed by atoms with Crippen LogP contribution in [0.4, 0.5) is 0 Å². The predicted octanol–water partition coefficient (Wildman–Crippen LogP) is 2.58. The number of nitrogens with one attached hydrogen (secondary N) is 2. The van der Waals surface area contributed by atoms with E-state index in [2.05, 4.69) is 65.8 Å². The van der Waals surface area contributed by atoms with Gasteiger partial charge in [0.2, 0.25) is 0 Å². The van der Waals surface area contributed by atoms with Crippen LogP contribution in [-0.2, 0) is 13.1 Å². The van der Waals surface area contributed by atoms with Crippen LogP contribution in [0.15, 0.2) is 47.7 Å². The number of hydrogen-bond acceptors (Lipinski definition) is 2. The largest absolute Gasteiger partial charge is 0.357 e. The van der Waals surface area contributed by atoms with Crippen LogP contribution in [-0.4, -0.2) is 28.8 Å². The summed E-state index contributed by atoms with van der Waals surface area (Å²) in [6.45, 7) is 9.72. The third-order valence-electron chi connectivity index (χ3n) is 3.69. The van der Waals surface area contributed by atoms with Crippen LogP contribution in [0.3, 0.4) is 0 Å². The van der Waals surface area contributed by atoms with Crippen molar-refractivity contribution in [1.82, 2.24) is 20.4 Å². The molecule has 0 spiro atoms.